The van der Waals surface area contributed by atoms with E-state index in [0.29, 0.717) is 6.54 Å². The van der Waals surface area contributed by atoms with Gasteiger partial charge in [-0.25, -0.2) is 0 Å². The highest BCUT2D eigenvalue weighted by atomic mass is 16.1. The zero-order valence-electron chi connectivity index (χ0n) is 10.1. The van der Waals surface area contributed by atoms with Crippen molar-refractivity contribution in [3.63, 3.8) is 0 Å². The third-order valence-corrected chi connectivity index (χ3v) is 2.38. The van der Waals surface area contributed by atoms with Gasteiger partial charge in [-0.3, -0.25) is 4.90 Å². The monoisotopic (exact) mass is 199 g/mol. The van der Waals surface area contributed by atoms with Gasteiger partial charge in [0.15, 0.2) is 0 Å². The number of carbonyl (C=O) groups excluding carboxylic acids is 1. The Morgan fingerprint density at radius 2 is 1.43 bits per heavy atom. The van der Waals surface area contributed by atoms with E-state index in [1.54, 1.807) is 0 Å². The van der Waals surface area contributed by atoms with Crippen LogP contribution in [-0.2, 0) is 4.79 Å². The number of hydrogen-bond acceptors (Lipinski definition) is 2. The molecular formula is C12H25NO. The van der Waals surface area contributed by atoms with Crippen molar-refractivity contribution >= 4 is 6.29 Å². The van der Waals surface area contributed by atoms with Crippen molar-refractivity contribution in [2.24, 2.45) is 11.8 Å². The average molecular weight is 199 g/mol. The Labute approximate surface area is 88.7 Å². The summed E-state index contributed by atoms with van der Waals surface area (Å²) in [4.78, 5) is 12.7. The van der Waals surface area contributed by atoms with Crippen molar-refractivity contribution in [1.82, 2.24) is 4.90 Å². The molecule has 84 valence electrons. The van der Waals surface area contributed by atoms with E-state index >= 15 is 0 Å². The van der Waals surface area contributed by atoms with E-state index in [1.807, 2.05) is 0 Å². The van der Waals surface area contributed by atoms with Crippen molar-refractivity contribution in [2.75, 3.05) is 19.6 Å². The molecule has 0 aliphatic heterocycles. The smallest absolute Gasteiger partial charge is 0.133 e. The molecular weight excluding hydrogens is 174 g/mol. The molecule has 0 heterocycles. The van der Waals surface area contributed by atoms with Crippen LogP contribution in [0.4, 0.5) is 0 Å². The largest absolute Gasteiger partial charge is 0.302 e. The predicted octanol–water partition coefficient (Wildman–Crippen LogP) is 2.58. The topological polar surface area (TPSA) is 20.3 Å². The lowest BCUT2D eigenvalue weighted by Gasteiger charge is -2.21. The van der Waals surface area contributed by atoms with Gasteiger partial charge in [0.2, 0.25) is 0 Å². The van der Waals surface area contributed by atoms with Crippen LogP contribution in [0.3, 0.4) is 0 Å². The molecule has 0 spiro atoms. The molecule has 0 unspecified atom stereocenters. The van der Waals surface area contributed by atoms with E-state index in [2.05, 4.69) is 32.6 Å². The Hall–Kier alpha value is -0.370. The molecule has 0 fully saturated rings. The van der Waals surface area contributed by atoms with Crippen LogP contribution in [0.2, 0.25) is 0 Å². The van der Waals surface area contributed by atoms with E-state index in [4.69, 9.17) is 0 Å². The minimum absolute atomic E-state index is 0.597. The quantitative estimate of drug-likeness (QED) is 0.560. The van der Waals surface area contributed by atoms with E-state index < -0.39 is 0 Å². The first-order chi connectivity index (χ1) is 6.56. The summed E-state index contributed by atoms with van der Waals surface area (Å²) in [5, 5.41) is 0. The number of aldehydes is 1. The van der Waals surface area contributed by atoms with Crippen molar-refractivity contribution in [3.05, 3.63) is 0 Å². The second kappa shape index (κ2) is 7.98. The molecule has 0 saturated carbocycles. The van der Waals surface area contributed by atoms with Crippen LogP contribution in [0, 0.1) is 11.8 Å². The van der Waals surface area contributed by atoms with Crippen LogP contribution in [-0.4, -0.2) is 30.8 Å². The van der Waals surface area contributed by atoms with Gasteiger partial charge in [-0.2, -0.15) is 0 Å². The Kier molecular flexibility index (Phi) is 7.77. The van der Waals surface area contributed by atoms with Crippen molar-refractivity contribution < 1.29 is 4.79 Å². The second-order valence-corrected chi connectivity index (χ2v) is 4.83. The van der Waals surface area contributed by atoms with E-state index in [9.17, 15) is 4.79 Å². The van der Waals surface area contributed by atoms with Gasteiger partial charge in [0.25, 0.3) is 0 Å². The van der Waals surface area contributed by atoms with Crippen LogP contribution < -0.4 is 0 Å². The molecule has 0 aliphatic carbocycles. The fourth-order valence-corrected chi connectivity index (χ4v) is 1.28. The van der Waals surface area contributed by atoms with Gasteiger partial charge in [0.05, 0.1) is 6.54 Å². The molecule has 0 aliphatic rings. The van der Waals surface area contributed by atoms with Crippen molar-refractivity contribution in [1.29, 1.82) is 0 Å². The Balaban J connectivity index is 3.70. The standard InChI is InChI=1S/C12H25NO/c1-11(2)5-7-13(9-10-14)8-6-12(3)4/h10-12H,5-9H2,1-4H3. The van der Waals surface area contributed by atoms with Gasteiger partial charge in [-0.05, 0) is 37.8 Å². The summed E-state index contributed by atoms with van der Waals surface area (Å²) in [5.41, 5.74) is 0. The maximum Gasteiger partial charge on any atom is 0.133 e. The van der Waals surface area contributed by atoms with Crippen LogP contribution in [0.1, 0.15) is 40.5 Å². The minimum Gasteiger partial charge on any atom is -0.302 e. The third-order valence-electron chi connectivity index (χ3n) is 2.38. The van der Waals surface area contributed by atoms with Gasteiger partial charge < -0.3 is 4.79 Å². The van der Waals surface area contributed by atoms with E-state index in [-0.39, 0.29) is 0 Å². The third kappa shape index (κ3) is 8.24. The summed E-state index contributed by atoms with van der Waals surface area (Å²) in [6, 6.07) is 0. The normalized spacial score (nSPS) is 11.6. The molecule has 0 rings (SSSR count). The summed E-state index contributed by atoms with van der Waals surface area (Å²) < 4.78 is 0. The first-order valence-electron chi connectivity index (χ1n) is 5.72. The Morgan fingerprint density at radius 3 is 1.71 bits per heavy atom. The number of rotatable bonds is 8. The van der Waals surface area contributed by atoms with Crippen molar-refractivity contribution in [2.45, 2.75) is 40.5 Å². The first kappa shape index (κ1) is 13.6. The molecule has 0 atom stereocenters. The Morgan fingerprint density at radius 1 is 1.00 bits per heavy atom. The zero-order chi connectivity index (χ0) is 11.0. The SMILES string of the molecule is CC(C)CCN(CC=O)CCC(C)C. The highest BCUT2D eigenvalue weighted by Crippen LogP contribution is 2.05. The van der Waals surface area contributed by atoms with Crippen LogP contribution in [0.15, 0.2) is 0 Å². The molecule has 0 aromatic rings. The maximum atomic E-state index is 10.5. The summed E-state index contributed by atoms with van der Waals surface area (Å²) in [6.07, 6.45) is 3.39. The molecule has 0 amide bonds. The highest BCUT2D eigenvalue weighted by molar-refractivity contribution is 5.51. The van der Waals surface area contributed by atoms with Gasteiger partial charge in [0.1, 0.15) is 6.29 Å². The second-order valence-electron chi connectivity index (χ2n) is 4.83. The van der Waals surface area contributed by atoms with Gasteiger partial charge in [0, 0.05) is 0 Å². The zero-order valence-corrected chi connectivity index (χ0v) is 10.1. The fourth-order valence-electron chi connectivity index (χ4n) is 1.28. The molecule has 0 aromatic heterocycles. The van der Waals surface area contributed by atoms with Crippen LogP contribution >= 0.6 is 0 Å². The molecule has 0 radical (unpaired) electrons. The van der Waals surface area contributed by atoms with E-state index in [1.165, 1.54) is 12.8 Å². The van der Waals surface area contributed by atoms with Gasteiger partial charge in [-0.15, -0.1) is 0 Å². The number of nitrogens with zero attached hydrogens (tertiary/aromatic N) is 1. The van der Waals surface area contributed by atoms with Crippen LogP contribution in [0.25, 0.3) is 0 Å². The van der Waals surface area contributed by atoms with Gasteiger partial charge in [-0.1, -0.05) is 27.7 Å². The molecule has 2 nitrogen and oxygen atoms in total. The molecule has 0 aromatic carbocycles. The molecule has 0 bridgehead atoms. The lowest BCUT2D eigenvalue weighted by molar-refractivity contribution is -0.108. The maximum absolute atomic E-state index is 10.5. The first-order valence-corrected chi connectivity index (χ1v) is 5.72. The molecule has 14 heavy (non-hydrogen) atoms. The summed E-state index contributed by atoms with van der Waals surface area (Å²) >= 11 is 0. The highest BCUT2D eigenvalue weighted by Gasteiger charge is 2.06. The number of carbonyl (C=O) groups is 1. The lowest BCUT2D eigenvalue weighted by Crippen LogP contribution is -2.29. The number of hydrogen-bond donors (Lipinski definition) is 0. The average Bonchev–Trinajstić information content (AvgIpc) is 2.09. The van der Waals surface area contributed by atoms with E-state index in [0.717, 1.165) is 31.2 Å². The van der Waals surface area contributed by atoms with Crippen molar-refractivity contribution in [3.8, 4) is 0 Å². The van der Waals surface area contributed by atoms with Crippen LogP contribution in [0.5, 0.6) is 0 Å². The summed E-state index contributed by atoms with van der Waals surface area (Å²) in [5.74, 6) is 1.45. The summed E-state index contributed by atoms with van der Waals surface area (Å²) in [6.45, 7) is 11.6. The molecule has 0 N–H and O–H groups in total. The lowest BCUT2D eigenvalue weighted by atomic mass is 10.1. The molecule has 0 saturated heterocycles. The molecule has 2 heteroatoms. The predicted molar refractivity (Wildman–Crippen MR) is 61.4 cm³/mol. The Bertz CT molecular complexity index is 131. The fraction of sp³-hybridized carbons (Fsp3) is 0.917. The summed E-state index contributed by atoms with van der Waals surface area (Å²) in [7, 11) is 0. The minimum atomic E-state index is 0.597. The van der Waals surface area contributed by atoms with Gasteiger partial charge >= 0.3 is 0 Å².